The van der Waals surface area contributed by atoms with Gasteiger partial charge in [-0.15, -0.1) is 0 Å². The van der Waals surface area contributed by atoms with Crippen LogP contribution in [0.4, 0.5) is 4.39 Å². The highest BCUT2D eigenvalue weighted by atomic mass is 79.9. The van der Waals surface area contributed by atoms with Crippen LogP contribution >= 0.6 is 15.9 Å². The summed E-state index contributed by atoms with van der Waals surface area (Å²) in [6.07, 6.45) is 1.44. The molecule has 0 spiro atoms. The van der Waals surface area contributed by atoms with Crippen molar-refractivity contribution in [1.82, 2.24) is 0 Å². The molecule has 0 fully saturated rings. The quantitative estimate of drug-likeness (QED) is 0.825. The molecule has 2 N–H and O–H groups in total. The second kappa shape index (κ2) is 7.05. The Morgan fingerprint density at radius 2 is 1.90 bits per heavy atom. The molecule has 0 aromatic heterocycles. The maximum atomic E-state index is 13.5. The largest absolute Gasteiger partial charge is 0.457 e. The molecule has 1 atom stereocenters. The molecule has 2 aromatic carbocycles. The summed E-state index contributed by atoms with van der Waals surface area (Å²) in [5.74, 6) is 1.15. The summed E-state index contributed by atoms with van der Waals surface area (Å²) < 4.78 is 20.4. The lowest BCUT2D eigenvalue weighted by Gasteiger charge is -2.15. The maximum absolute atomic E-state index is 13.5. The van der Waals surface area contributed by atoms with Crippen LogP contribution in [0.2, 0.25) is 0 Å². The number of hydrogen-bond donors (Lipinski definition) is 1. The molecule has 0 radical (unpaired) electrons. The van der Waals surface area contributed by atoms with Gasteiger partial charge in [-0.25, -0.2) is 4.39 Å². The number of nitrogens with two attached hydrogens (primary N) is 1. The Morgan fingerprint density at radius 1 is 1.19 bits per heavy atom. The van der Waals surface area contributed by atoms with Gasteiger partial charge in [-0.2, -0.15) is 0 Å². The van der Waals surface area contributed by atoms with Crippen LogP contribution in [0.3, 0.4) is 0 Å². The van der Waals surface area contributed by atoms with Crippen molar-refractivity contribution in [2.24, 2.45) is 5.73 Å². The molecule has 0 heterocycles. The van der Waals surface area contributed by atoms with Gasteiger partial charge in [-0.05, 0) is 67.3 Å². The van der Waals surface area contributed by atoms with Gasteiger partial charge in [0.1, 0.15) is 17.3 Å². The molecule has 0 aliphatic heterocycles. The average molecular weight is 352 g/mol. The Balaban J connectivity index is 2.30. The first-order valence-corrected chi connectivity index (χ1v) is 7.77. The number of hydrogen-bond acceptors (Lipinski definition) is 2. The van der Waals surface area contributed by atoms with Gasteiger partial charge in [0.15, 0.2) is 0 Å². The Bertz CT molecular complexity index is 630. The lowest BCUT2D eigenvalue weighted by atomic mass is 10.0. The van der Waals surface area contributed by atoms with E-state index in [1.165, 1.54) is 12.1 Å². The van der Waals surface area contributed by atoms with E-state index < -0.39 is 0 Å². The number of rotatable bonds is 5. The monoisotopic (exact) mass is 351 g/mol. The van der Waals surface area contributed by atoms with Gasteiger partial charge < -0.3 is 10.5 Å². The molecule has 2 nitrogen and oxygen atoms in total. The molecule has 112 valence electrons. The number of aryl methyl sites for hydroxylation is 1. The van der Waals surface area contributed by atoms with Gasteiger partial charge in [0.2, 0.25) is 0 Å². The lowest BCUT2D eigenvalue weighted by Crippen LogP contribution is -2.21. The van der Waals surface area contributed by atoms with Crippen molar-refractivity contribution < 1.29 is 9.13 Å². The van der Waals surface area contributed by atoms with Gasteiger partial charge in [-0.1, -0.05) is 22.9 Å². The Labute approximate surface area is 133 Å². The van der Waals surface area contributed by atoms with Gasteiger partial charge in [0.05, 0.1) is 0 Å². The predicted octanol–water partition coefficient (Wildman–Crippen LogP) is 4.97. The first kappa shape index (κ1) is 16.0. The summed E-state index contributed by atoms with van der Waals surface area (Å²) in [6.45, 7) is 3.99. The van der Waals surface area contributed by atoms with Gasteiger partial charge in [0.25, 0.3) is 0 Å². The van der Waals surface area contributed by atoms with E-state index in [0.717, 1.165) is 27.8 Å². The van der Waals surface area contributed by atoms with E-state index in [-0.39, 0.29) is 11.9 Å². The van der Waals surface area contributed by atoms with E-state index in [2.05, 4.69) is 15.9 Å². The first-order valence-electron chi connectivity index (χ1n) is 6.97. The minimum Gasteiger partial charge on any atom is -0.457 e. The van der Waals surface area contributed by atoms with Crippen LogP contribution in [0, 0.1) is 12.7 Å². The van der Waals surface area contributed by atoms with Crippen molar-refractivity contribution in [3.63, 3.8) is 0 Å². The smallest absolute Gasteiger partial charge is 0.130 e. The third-order valence-corrected chi connectivity index (χ3v) is 3.88. The highest BCUT2D eigenvalue weighted by Crippen LogP contribution is 2.30. The normalized spacial score (nSPS) is 12.2. The summed E-state index contributed by atoms with van der Waals surface area (Å²) >= 11 is 3.43. The van der Waals surface area contributed by atoms with E-state index in [1.807, 2.05) is 32.0 Å². The van der Waals surface area contributed by atoms with Crippen molar-refractivity contribution in [3.8, 4) is 11.5 Å². The topological polar surface area (TPSA) is 35.2 Å². The fourth-order valence-corrected chi connectivity index (χ4v) is 2.56. The lowest BCUT2D eigenvalue weighted by molar-refractivity contribution is 0.466. The van der Waals surface area contributed by atoms with E-state index in [9.17, 15) is 4.39 Å². The molecule has 21 heavy (non-hydrogen) atoms. The molecular formula is C17H19BrFNO. The SMILES string of the molecule is CCC(N)Cc1cc(F)ccc1Oc1ccc(Br)cc1C. The van der Waals surface area contributed by atoms with Gasteiger partial charge in [-0.3, -0.25) is 0 Å². The standard InChI is InChI=1S/C17H19BrFNO/c1-3-15(20)10-12-9-14(19)5-7-17(12)21-16-6-4-13(18)8-11(16)2/h4-9,15H,3,10,20H2,1-2H3. The summed E-state index contributed by atoms with van der Waals surface area (Å²) in [6, 6.07) is 10.4. The zero-order valence-corrected chi connectivity index (χ0v) is 13.8. The van der Waals surface area contributed by atoms with E-state index in [1.54, 1.807) is 6.07 Å². The minimum atomic E-state index is -0.270. The average Bonchev–Trinajstić information content (AvgIpc) is 2.44. The van der Waals surface area contributed by atoms with Crippen LogP contribution in [-0.2, 0) is 6.42 Å². The molecule has 4 heteroatoms. The van der Waals surface area contributed by atoms with Crippen LogP contribution in [0.5, 0.6) is 11.5 Å². The molecule has 0 bridgehead atoms. The fraction of sp³-hybridized carbons (Fsp3) is 0.294. The highest BCUT2D eigenvalue weighted by molar-refractivity contribution is 9.10. The molecule has 0 aliphatic rings. The Morgan fingerprint density at radius 3 is 2.57 bits per heavy atom. The molecule has 1 unspecified atom stereocenters. The summed E-state index contributed by atoms with van der Waals surface area (Å²) in [4.78, 5) is 0. The molecule has 0 amide bonds. The molecule has 2 rings (SSSR count). The Hall–Kier alpha value is -1.39. The highest BCUT2D eigenvalue weighted by Gasteiger charge is 2.11. The number of halogens is 2. The van der Waals surface area contributed by atoms with Crippen LogP contribution in [0.25, 0.3) is 0 Å². The van der Waals surface area contributed by atoms with Crippen molar-refractivity contribution in [3.05, 3.63) is 57.8 Å². The Kier molecular flexibility index (Phi) is 5.37. The summed E-state index contributed by atoms with van der Waals surface area (Å²) in [5.41, 5.74) is 7.79. The number of ether oxygens (including phenoxy) is 1. The van der Waals surface area contributed by atoms with E-state index in [0.29, 0.717) is 12.2 Å². The minimum absolute atomic E-state index is 0.000153. The molecule has 0 saturated heterocycles. The van der Waals surface area contributed by atoms with Crippen molar-refractivity contribution >= 4 is 15.9 Å². The second-order valence-electron chi connectivity index (χ2n) is 5.14. The van der Waals surface area contributed by atoms with Gasteiger partial charge in [0, 0.05) is 10.5 Å². The molecular weight excluding hydrogens is 333 g/mol. The van der Waals surface area contributed by atoms with Crippen molar-refractivity contribution in [1.29, 1.82) is 0 Å². The van der Waals surface area contributed by atoms with Crippen LogP contribution < -0.4 is 10.5 Å². The third-order valence-electron chi connectivity index (χ3n) is 3.39. The van der Waals surface area contributed by atoms with Gasteiger partial charge >= 0.3 is 0 Å². The maximum Gasteiger partial charge on any atom is 0.130 e. The molecule has 0 saturated carbocycles. The van der Waals surface area contributed by atoms with Crippen LogP contribution in [-0.4, -0.2) is 6.04 Å². The van der Waals surface area contributed by atoms with Crippen LogP contribution in [0.15, 0.2) is 40.9 Å². The van der Waals surface area contributed by atoms with Crippen molar-refractivity contribution in [2.75, 3.05) is 0 Å². The zero-order chi connectivity index (χ0) is 15.4. The molecule has 0 aliphatic carbocycles. The van der Waals surface area contributed by atoms with Crippen LogP contribution in [0.1, 0.15) is 24.5 Å². The summed E-state index contributed by atoms with van der Waals surface area (Å²) in [5, 5.41) is 0. The van der Waals surface area contributed by atoms with E-state index >= 15 is 0 Å². The van der Waals surface area contributed by atoms with E-state index in [4.69, 9.17) is 10.5 Å². The first-order chi connectivity index (χ1) is 9.99. The summed E-state index contributed by atoms with van der Waals surface area (Å²) in [7, 11) is 0. The fourth-order valence-electron chi connectivity index (χ4n) is 2.08. The third kappa shape index (κ3) is 4.29. The predicted molar refractivity (Wildman–Crippen MR) is 87.3 cm³/mol. The number of benzene rings is 2. The second-order valence-corrected chi connectivity index (χ2v) is 6.05. The zero-order valence-electron chi connectivity index (χ0n) is 12.2. The molecule has 2 aromatic rings. The van der Waals surface area contributed by atoms with Crippen molar-refractivity contribution in [2.45, 2.75) is 32.7 Å².